The lowest BCUT2D eigenvalue weighted by atomic mass is 9.99. The summed E-state index contributed by atoms with van der Waals surface area (Å²) in [6, 6.07) is -1.44. The van der Waals surface area contributed by atoms with Crippen molar-refractivity contribution in [2.45, 2.75) is 30.7 Å². The van der Waals surface area contributed by atoms with E-state index in [1.807, 2.05) is 0 Å². The van der Waals surface area contributed by atoms with Crippen LogP contribution in [0, 0.1) is 10.1 Å². The highest BCUT2D eigenvalue weighted by Crippen LogP contribution is 2.33. The average molecular weight is 370 g/mol. The molecule has 1 aliphatic heterocycles. The summed E-state index contributed by atoms with van der Waals surface area (Å²) in [5, 5.41) is 49.8. The van der Waals surface area contributed by atoms with Crippen LogP contribution in [-0.4, -0.2) is 67.0 Å². The number of aliphatic carboxylic acids is 1. The lowest BCUT2D eigenvalue weighted by Gasteiger charge is -2.38. The number of aliphatic hydroxyl groups excluding tert-OH is 3. The molecule has 0 bridgehead atoms. The van der Waals surface area contributed by atoms with E-state index < -0.39 is 88.2 Å². The molecule has 26 heavy (non-hydrogen) atoms. The molecule has 4 N–H and O–H groups in total. The number of hydrogen-bond acceptors (Lipinski definition) is 9. The molecule has 1 fully saturated rings. The maximum Gasteiger partial charge on any atom is 0.335 e. The van der Waals surface area contributed by atoms with Crippen molar-refractivity contribution in [3.63, 3.8) is 0 Å². The minimum atomic E-state index is -2.02. The summed E-state index contributed by atoms with van der Waals surface area (Å²) in [5.74, 6) is -2.36. The molecule has 138 valence electrons. The van der Waals surface area contributed by atoms with E-state index in [4.69, 9.17) is 20.1 Å². The molecule has 0 radical (unpaired) electrons. The normalized spacial score (nSPS) is 30.8. The summed E-state index contributed by atoms with van der Waals surface area (Å²) >= 11 is 0. The van der Waals surface area contributed by atoms with Crippen LogP contribution in [0.15, 0.2) is 30.4 Å². The summed E-state index contributed by atoms with van der Waals surface area (Å²) in [6.45, 7) is 0. The van der Waals surface area contributed by atoms with Crippen molar-refractivity contribution >= 4 is 22.6 Å². The van der Waals surface area contributed by atoms with Gasteiger partial charge in [0.05, 0.1) is 15.8 Å². The van der Waals surface area contributed by atoms with Crippen LogP contribution >= 0.6 is 0 Å². The van der Waals surface area contributed by atoms with Gasteiger partial charge in [-0.25, -0.2) is 4.79 Å². The van der Waals surface area contributed by atoms with E-state index >= 15 is 0 Å². The van der Waals surface area contributed by atoms with Crippen molar-refractivity contribution in [1.29, 1.82) is 0 Å². The molecule has 1 aromatic carbocycles. The second-order valence-corrected chi connectivity index (χ2v) is 5.31. The van der Waals surface area contributed by atoms with Crippen LogP contribution < -0.4 is 4.74 Å². The molecular weight excluding hydrogens is 352 g/mol. The zero-order valence-corrected chi connectivity index (χ0v) is 12.7. The number of nitrogens with zero attached hydrogens (tertiary/aromatic N) is 2. The van der Waals surface area contributed by atoms with Crippen LogP contribution in [0.5, 0.6) is 5.75 Å². The minimum Gasteiger partial charge on any atom is -0.479 e. The Bertz CT molecular complexity index is 1050. The highest BCUT2D eigenvalue weighted by molar-refractivity contribution is 5.92. The summed E-state index contributed by atoms with van der Waals surface area (Å²) in [7, 11) is 0. The van der Waals surface area contributed by atoms with E-state index in [0.717, 1.165) is 6.07 Å². The van der Waals surface area contributed by atoms with E-state index in [0.29, 0.717) is 0 Å². The molecule has 5 atom stereocenters. The lowest BCUT2D eigenvalue weighted by Crippen LogP contribution is -2.61. The molecular formula is C15H14N2O9. The molecule has 2 unspecified atom stereocenters. The van der Waals surface area contributed by atoms with Crippen molar-refractivity contribution in [2.75, 3.05) is 0 Å². The smallest absolute Gasteiger partial charge is 0.335 e. The van der Waals surface area contributed by atoms with Crippen LogP contribution in [0.1, 0.15) is 5.48 Å². The Morgan fingerprint density at radius 1 is 1.31 bits per heavy atom. The molecule has 3 rings (SSSR count). The van der Waals surface area contributed by atoms with Crippen LogP contribution in [0.4, 0.5) is 5.69 Å². The van der Waals surface area contributed by atoms with E-state index in [-0.39, 0.29) is 0 Å². The Hall–Kier alpha value is -2.86. The van der Waals surface area contributed by atoms with Gasteiger partial charge in [0.1, 0.15) is 29.6 Å². The fraction of sp³-hybridized carbons (Fsp3) is 0.333. The highest BCUT2D eigenvalue weighted by atomic mass is 16.7. The summed E-state index contributed by atoms with van der Waals surface area (Å²) in [4.78, 5) is 25.3. The highest BCUT2D eigenvalue weighted by Gasteiger charge is 2.48. The SMILES string of the molecule is [2H]c1cc2c([N+](=O)[O-])c([2H])c([2H])c(O[C@@H]3OC(C(=O)O)[C@@H](O)[C@H](O)C3O)c2nc1[2H]. The van der Waals surface area contributed by atoms with Gasteiger partial charge >= 0.3 is 5.97 Å². The quantitative estimate of drug-likeness (QED) is 0.402. The van der Waals surface area contributed by atoms with E-state index in [1.54, 1.807) is 0 Å². The molecule has 11 nitrogen and oxygen atoms in total. The van der Waals surface area contributed by atoms with Gasteiger partial charge in [0.15, 0.2) is 6.10 Å². The van der Waals surface area contributed by atoms with E-state index in [9.17, 15) is 30.2 Å². The molecule has 1 aliphatic rings. The number of rotatable bonds is 4. The van der Waals surface area contributed by atoms with Gasteiger partial charge in [0.2, 0.25) is 6.29 Å². The van der Waals surface area contributed by atoms with Crippen molar-refractivity contribution in [1.82, 2.24) is 4.98 Å². The van der Waals surface area contributed by atoms with Crippen molar-refractivity contribution < 1.29 is 45.1 Å². The number of carboxylic acid groups (broad SMARTS) is 1. The average Bonchev–Trinajstić information content (AvgIpc) is 2.66. The summed E-state index contributed by atoms with van der Waals surface area (Å²) in [6.07, 6.45) is -10.6. The standard InChI is InChI=1S/C15H14N2O9/c18-10-11(19)13(14(21)22)26-15(12(10)20)25-8-4-3-7(17(23)24)6-2-1-5-16-9(6)8/h1-5,10-13,15,18-20H,(H,21,22)/t10-,11-,12?,13?,15+/m0/s1/i1D,3D,4D,5D. The van der Waals surface area contributed by atoms with Gasteiger partial charge < -0.3 is 29.9 Å². The van der Waals surface area contributed by atoms with E-state index in [2.05, 4.69) is 4.98 Å². The number of ether oxygens (including phenoxy) is 2. The number of aromatic nitrogens is 1. The van der Waals surface area contributed by atoms with E-state index in [1.165, 1.54) is 0 Å². The van der Waals surface area contributed by atoms with Crippen LogP contribution in [0.3, 0.4) is 0 Å². The van der Waals surface area contributed by atoms with Crippen molar-refractivity contribution in [3.8, 4) is 5.75 Å². The predicted molar refractivity (Wildman–Crippen MR) is 83.3 cm³/mol. The number of nitro groups is 1. The Morgan fingerprint density at radius 3 is 2.69 bits per heavy atom. The first-order valence-corrected chi connectivity index (χ1v) is 7.10. The zero-order chi connectivity index (χ0) is 22.5. The Balaban J connectivity index is 2.18. The number of benzene rings is 1. The van der Waals surface area contributed by atoms with Gasteiger partial charge in [-0.3, -0.25) is 15.1 Å². The number of fused-ring (bicyclic) bond motifs is 1. The van der Waals surface area contributed by atoms with Crippen molar-refractivity contribution in [3.05, 3.63) is 40.5 Å². The fourth-order valence-electron chi connectivity index (χ4n) is 2.41. The minimum absolute atomic E-state index is 0.405. The number of carboxylic acids is 1. The number of nitro benzene ring substituents is 1. The summed E-state index contributed by atoms with van der Waals surface area (Å²) in [5.41, 5.74) is -1.35. The Labute approximate surface area is 150 Å². The number of carbonyl (C=O) groups is 1. The fourth-order valence-corrected chi connectivity index (χ4v) is 2.41. The van der Waals surface area contributed by atoms with Gasteiger partial charge in [-0.1, -0.05) is 0 Å². The molecule has 0 spiro atoms. The maximum atomic E-state index is 11.4. The monoisotopic (exact) mass is 370 g/mol. The molecule has 2 heterocycles. The second-order valence-electron chi connectivity index (χ2n) is 5.31. The lowest BCUT2D eigenvalue weighted by molar-refractivity contribution is -0.383. The third-order valence-corrected chi connectivity index (χ3v) is 3.70. The van der Waals surface area contributed by atoms with Gasteiger partial charge in [0.25, 0.3) is 5.69 Å². The topological polar surface area (TPSA) is 172 Å². The molecule has 1 saturated heterocycles. The Morgan fingerprint density at radius 2 is 2.04 bits per heavy atom. The number of pyridine rings is 1. The first-order chi connectivity index (χ1) is 14.0. The molecule has 1 aromatic heterocycles. The number of hydrogen-bond donors (Lipinski definition) is 4. The van der Waals surface area contributed by atoms with Gasteiger partial charge in [-0.2, -0.15) is 0 Å². The van der Waals surface area contributed by atoms with Crippen LogP contribution in [-0.2, 0) is 9.53 Å². The molecule has 0 saturated carbocycles. The number of aliphatic hydroxyl groups is 3. The molecule has 0 aliphatic carbocycles. The third-order valence-electron chi connectivity index (χ3n) is 3.70. The van der Waals surface area contributed by atoms with Gasteiger partial charge in [-0.15, -0.1) is 0 Å². The predicted octanol–water partition coefficient (Wildman–Crippen LogP) is -0.586. The molecule has 0 amide bonds. The maximum absolute atomic E-state index is 11.4. The van der Waals surface area contributed by atoms with Crippen molar-refractivity contribution in [2.24, 2.45) is 0 Å². The largest absolute Gasteiger partial charge is 0.479 e. The van der Waals surface area contributed by atoms with Gasteiger partial charge in [-0.05, 0) is 18.2 Å². The first kappa shape index (κ1) is 13.4. The van der Waals surface area contributed by atoms with Crippen LogP contribution in [0.2, 0.25) is 0 Å². The van der Waals surface area contributed by atoms with Gasteiger partial charge in [0, 0.05) is 12.2 Å². The van der Waals surface area contributed by atoms with Crippen LogP contribution in [0.25, 0.3) is 10.9 Å². The Kier molecular flexibility index (Phi) is 3.49. The summed E-state index contributed by atoms with van der Waals surface area (Å²) < 4.78 is 41.4. The molecule has 11 heteroatoms. The first-order valence-electron chi connectivity index (χ1n) is 9.10. The third kappa shape index (κ3) is 3.04. The second kappa shape index (κ2) is 6.80. The zero-order valence-electron chi connectivity index (χ0n) is 16.7. The molecule has 2 aromatic rings.